The Balaban J connectivity index is 2.85. The van der Waals surface area contributed by atoms with Gasteiger partial charge in [-0.2, -0.15) is 0 Å². The van der Waals surface area contributed by atoms with Crippen LogP contribution >= 0.6 is 0 Å². The van der Waals surface area contributed by atoms with Crippen LogP contribution in [0.15, 0.2) is 18.2 Å². The van der Waals surface area contributed by atoms with E-state index in [4.69, 9.17) is 5.73 Å². The van der Waals surface area contributed by atoms with Crippen molar-refractivity contribution < 1.29 is 4.92 Å². The molecule has 1 aromatic carbocycles. The van der Waals surface area contributed by atoms with E-state index in [1.807, 2.05) is 7.05 Å². The summed E-state index contributed by atoms with van der Waals surface area (Å²) < 4.78 is 0. The summed E-state index contributed by atoms with van der Waals surface area (Å²) in [6, 6.07) is 5.29. The topological polar surface area (TPSA) is 72.4 Å². The Morgan fingerprint density at radius 2 is 2.12 bits per heavy atom. The maximum absolute atomic E-state index is 10.6. The van der Waals surface area contributed by atoms with Gasteiger partial charge in [-0.25, -0.2) is 0 Å². The fraction of sp³-hybridized carbons (Fsp3) is 0.455. The summed E-state index contributed by atoms with van der Waals surface area (Å²) in [5, 5.41) is 10.6. The van der Waals surface area contributed by atoms with Crippen LogP contribution in [0, 0.1) is 10.1 Å². The predicted octanol–water partition coefficient (Wildman–Crippen LogP) is 2.02. The molecule has 0 bridgehead atoms. The SMILES string of the molecule is CC(C)N(C)Cc1ccc([N+](=O)[O-])c(N)c1. The fourth-order valence-electron chi connectivity index (χ4n) is 1.34. The van der Waals surface area contributed by atoms with Crippen molar-refractivity contribution in [2.75, 3.05) is 12.8 Å². The molecule has 0 radical (unpaired) electrons. The van der Waals surface area contributed by atoms with E-state index in [1.54, 1.807) is 12.1 Å². The average Bonchev–Trinajstić information content (AvgIpc) is 2.16. The van der Waals surface area contributed by atoms with Crippen LogP contribution in [0.4, 0.5) is 11.4 Å². The van der Waals surface area contributed by atoms with Crippen molar-refractivity contribution in [1.82, 2.24) is 4.90 Å². The summed E-state index contributed by atoms with van der Waals surface area (Å²) in [5.41, 5.74) is 6.79. The first-order valence-electron chi connectivity index (χ1n) is 5.15. The fourth-order valence-corrected chi connectivity index (χ4v) is 1.34. The molecule has 0 saturated carbocycles. The highest BCUT2D eigenvalue weighted by Crippen LogP contribution is 2.22. The van der Waals surface area contributed by atoms with Gasteiger partial charge in [-0.05, 0) is 32.5 Å². The van der Waals surface area contributed by atoms with Crippen LogP contribution in [0.3, 0.4) is 0 Å². The molecule has 0 aliphatic heterocycles. The van der Waals surface area contributed by atoms with Gasteiger partial charge in [-0.3, -0.25) is 15.0 Å². The molecule has 1 rings (SSSR count). The molecule has 88 valence electrons. The van der Waals surface area contributed by atoms with Crippen LogP contribution in [0.25, 0.3) is 0 Å². The highest BCUT2D eigenvalue weighted by Gasteiger charge is 2.12. The van der Waals surface area contributed by atoms with Crippen molar-refractivity contribution in [2.24, 2.45) is 0 Å². The van der Waals surface area contributed by atoms with Crippen molar-refractivity contribution in [3.05, 3.63) is 33.9 Å². The van der Waals surface area contributed by atoms with E-state index >= 15 is 0 Å². The summed E-state index contributed by atoms with van der Waals surface area (Å²) in [7, 11) is 2.00. The number of nitro groups is 1. The van der Waals surface area contributed by atoms with Crippen LogP contribution in [0.5, 0.6) is 0 Å². The number of benzene rings is 1. The molecular weight excluding hydrogens is 206 g/mol. The lowest BCUT2D eigenvalue weighted by molar-refractivity contribution is -0.383. The van der Waals surface area contributed by atoms with Gasteiger partial charge in [-0.1, -0.05) is 6.07 Å². The second kappa shape index (κ2) is 4.94. The molecule has 5 nitrogen and oxygen atoms in total. The quantitative estimate of drug-likeness (QED) is 0.481. The summed E-state index contributed by atoms with van der Waals surface area (Å²) in [6.07, 6.45) is 0. The first-order valence-corrected chi connectivity index (χ1v) is 5.15. The number of nitrogen functional groups attached to an aromatic ring is 1. The van der Waals surface area contributed by atoms with Gasteiger partial charge >= 0.3 is 0 Å². The zero-order valence-electron chi connectivity index (χ0n) is 9.80. The third-order valence-corrected chi connectivity index (χ3v) is 2.60. The van der Waals surface area contributed by atoms with Crippen molar-refractivity contribution >= 4 is 11.4 Å². The zero-order chi connectivity index (χ0) is 12.3. The minimum Gasteiger partial charge on any atom is -0.393 e. The largest absolute Gasteiger partial charge is 0.393 e. The van der Waals surface area contributed by atoms with Crippen LogP contribution in [-0.2, 0) is 6.54 Å². The van der Waals surface area contributed by atoms with Gasteiger partial charge in [0.1, 0.15) is 5.69 Å². The summed E-state index contributed by atoms with van der Waals surface area (Å²) in [6.45, 7) is 4.92. The molecule has 0 aliphatic rings. The van der Waals surface area contributed by atoms with E-state index in [9.17, 15) is 10.1 Å². The molecule has 0 aliphatic carbocycles. The first kappa shape index (κ1) is 12.4. The number of nitro benzene ring substituents is 1. The smallest absolute Gasteiger partial charge is 0.292 e. The molecule has 16 heavy (non-hydrogen) atoms. The van der Waals surface area contributed by atoms with Crippen LogP contribution in [0.2, 0.25) is 0 Å². The lowest BCUT2D eigenvalue weighted by Crippen LogP contribution is -2.25. The molecule has 0 spiro atoms. The number of hydrogen-bond acceptors (Lipinski definition) is 4. The van der Waals surface area contributed by atoms with Crippen molar-refractivity contribution in [3.63, 3.8) is 0 Å². The third-order valence-electron chi connectivity index (χ3n) is 2.60. The molecule has 0 unspecified atom stereocenters. The van der Waals surface area contributed by atoms with Gasteiger partial charge in [0.25, 0.3) is 5.69 Å². The number of rotatable bonds is 4. The second-order valence-corrected chi connectivity index (χ2v) is 4.16. The molecule has 0 aromatic heterocycles. The normalized spacial score (nSPS) is 11.1. The predicted molar refractivity (Wildman–Crippen MR) is 64.1 cm³/mol. The van der Waals surface area contributed by atoms with Gasteiger partial charge in [-0.15, -0.1) is 0 Å². The summed E-state index contributed by atoms with van der Waals surface area (Å²) in [4.78, 5) is 12.3. The molecular formula is C11H17N3O2. The van der Waals surface area contributed by atoms with E-state index in [0.29, 0.717) is 6.04 Å². The van der Waals surface area contributed by atoms with E-state index in [1.165, 1.54) is 6.07 Å². The monoisotopic (exact) mass is 223 g/mol. The summed E-state index contributed by atoms with van der Waals surface area (Å²) in [5.74, 6) is 0. The van der Waals surface area contributed by atoms with Crippen LogP contribution in [0.1, 0.15) is 19.4 Å². The van der Waals surface area contributed by atoms with Gasteiger partial charge in [0.2, 0.25) is 0 Å². The Morgan fingerprint density at radius 1 is 1.50 bits per heavy atom. The maximum Gasteiger partial charge on any atom is 0.292 e. The number of nitrogens with zero attached hydrogens (tertiary/aromatic N) is 2. The Kier molecular flexibility index (Phi) is 3.84. The minimum absolute atomic E-state index is 0.0315. The lowest BCUT2D eigenvalue weighted by Gasteiger charge is -2.20. The van der Waals surface area contributed by atoms with Crippen molar-refractivity contribution in [1.29, 1.82) is 0 Å². The van der Waals surface area contributed by atoms with Gasteiger partial charge in [0.15, 0.2) is 0 Å². The van der Waals surface area contributed by atoms with Gasteiger partial charge < -0.3 is 5.73 Å². The second-order valence-electron chi connectivity index (χ2n) is 4.16. The first-order chi connectivity index (χ1) is 7.41. The molecule has 0 fully saturated rings. The molecule has 5 heteroatoms. The van der Waals surface area contributed by atoms with E-state index in [2.05, 4.69) is 18.7 Å². The Labute approximate surface area is 95.0 Å². The Morgan fingerprint density at radius 3 is 2.56 bits per heavy atom. The molecule has 0 saturated heterocycles. The van der Waals surface area contributed by atoms with E-state index < -0.39 is 4.92 Å². The zero-order valence-corrected chi connectivity index (χ0v) is 9.80. The number of anilines is 1. The highest BCUT2D eigenvalue weighted by molar-refractivity contribution is 5.59. The average molecular weight is 223 g/mol. The molecule has 0 amide bonds. The molecule has 0 heterocycles. The molecule has 1 aromatic rings. The maximum atomic E-state index is 10.6. The van der Waals surface area contributed by atoms with Crippen LogP contribution in [-0.4, -0.2) is 22.9 Å². The number of hydrogen-bond donors (Lipinski definition) is 1. The Hall–Kier alpha value is -1.62. The van der Waals surface area contributed by atoms with E-state index in [0.717, 1.165) is 12.1 Å². The van der Waals surface area contributed by atoms with E-state index in [-0.39, 0.29) is 11.4 Å². The molecule has 0 atom stereocenters. The van der Waals surface area contributed by atoms with Gasteiger partial charge in [0, 0.05) is 18.7 Å². The highest BCUT2D eigenvalue weighted by atomic mass is 16.6. The third kappa shape index (κ3) is 2.93. The standard InChI is InChI=1S/C11H17N3O2/c1-8(2)13(3)7-9-4-5-11(14(15)16)10(12)6-9/h4-6,8H,7,12H2,1-3H3. The minimum atomic E-state index is -0.467. The lowest BCUT2D eigenvalue weighted by atomic mass is 10.1. The Bertz CT molecular complexity index is 391. The molecule has 2 N–H and O–H groups in total. The van der Waals surface area contributed by atoms with Gasteiger partial charge in [0.05, 0.1) is 4.92 Å². The summed E-state index contributed by atoms with van der Waals surface area (Å²) >= 11 is 0. The number of nitrogens with two attached hydrogens (primary N) is 1. The van der Waals surface area contributed by atoms with Crippen molar-refractivity contribution in [3.8, 4) is 0 Å². The van der Waals surface area contributed by atoms with Crippen molar-refractivity contribution in [2.45, 2.75) is 26.4 Å². The van der Waals surface area contributed by atoms with Crippen LogP contribution < -0.4 is 5.73 Å².